The molecule has 20 heavy (non-hydrogen) atoms. The number of benzene rings is 1. The van der Waals surface area contributed by atoms with Gasteiger partial charge in [-0.1, -0.05) is 17.9 Å². The Hall–Kier alpha value is -2.09. The van der Waals surface area contributed by atoms with E-state index < -0.39 is 0 Å². The lowest BCUT2D eigenvalue weighted by atomic mass is 10.1. The van der Waals surface area contributed by atoms with Gasteiger partial charge in [-0.15, -0.1) is 11.3 Å². The summed E-state index contributed by atoms with van der Waals surface area (Å²) in [5.74, 6) is 5.79. The summed E-state index contributed by atoms with van der Waals surface area (Å²) in [5.41, 5.74) is 2.67. The first-order chi connectivity index (χ1) is 9.70. The van der Waals surface area contributed by atoms with Crippen LogP contribution in [0.2, 0.25) is 0 Å². The van der Waals surface area contributed by atoms with E-state index in [1.165, 1.54) is 11.3 Å². The maximum absolute atomic E-state index is 11.9. The molecule has 0 aliphatic carbocycles. The van der Waals surface area contributed by atoms with Gasteiger partial charge in [-0.3, -0.25) is 4.79 Å². The minimum atomic E-state index is -0.0986. The molecular weight excluding hydrogens is 270 g/mol. The van der Waals surface area contributed by atoms with Crippen LogP contribution in [-0.4, -0.2) is 17.6 Å². The smallest absolute Gasteiger partial charge is 0.265 e. The van der Waals surface area contributed by atoms with E-state index in [1.54, 1.807) is 6.07 Å². The minimum Gasteiger partial charge on any atom is -0.395 e. The molecule has 0 aliphatic rings. The Bertz CT molecular complexity index is 651. The van der Waals surface area contributed by atoms with Gasteiger partial charge in [0.2, 0.25) is 0 Å². The Morgan fingerprint density at radius 3 is 2.90 bits per heavy atom. The van der Waals surface area contributed by atoms with Crippen molar-refractivity contribution < 1.29 is 9.90 Å². The molecule has 102 valence electrons. The molecule has 0 radical (unpaired) electrons. The van der Waals surface area contributed by atoms with Crippen LogP contribution in [0.5, 0.6) is 0 Å². The fourth-order valence-corrected chi connectivity index (χ4v) is 2.31. The molecule has 0 bridgehead atoms. The van der Waals surface area contributed by atoms with Crippen LogP contribution < -0.4 is 5.32 Å². The van der Waals surface area contributed by atoms with Crippen molar-refractivity contribution in [2.24, 2.45) is 0 Å². The molecule has 0 saturated heterocycles. The fourth-order valence-electron chi connectivity index (χ4n) is 1.70. The van der Waals surface area contributed by atoms with Gasteiger partial charge < -0.3 is 10.4 Å². The lowest BCUT2D eigenvalue weighted by molar-refractivity contribution is 0.103. The number of hydrogen-bond acceptors (Lipinski definition) is 3. The molecular formula is C16H15NO2S. The standard InChI is InChI=1S/C16H15NO2S/c1-12-11-14(8-7-13(12)5-2-3-9-18)17-16(19)15-6-4-10-20-15/h4,6-8,10-11,18H,3,9H2,1H3,(H,17,19). The quantitative estimate of drug-likeness (QED) is 0.852. The predicted molar refractivity (Wildman–Crippen MR) is 82.0 cm³/mol. The highest BCUT2D eigenvalue weighted by Crippen LogP contribution is 2.17. The van der Waals surface area contributed by atoms with Crippen LogP contribution in [0.4, 0.5) is 5.69 Å². The SMILES string of the molecule is Cc1cc(NC(=O)c2cccs2)ccc1C#CCCO. The number of aliphatic hydroxyl groups is 1. The number of aliphatic hydroxyl groups excluding tert-OH is 1. The van der Waals surface area contributed by atoms with Crippen molar-refractivity contribution in [2.75, 3.05) is 11.9 Å². The third-order valence-electron chi connectivity index (χ3n) is 2.69. The highest BCUT2D eigenvalue weighted by atomic mass is 32.1. The monoisotopic (exact) mass is 285 g/mol. The van der Waals surface area contributed by atoms with Crippen molar-refractivity contribution in [1.29, 1.82) is 0 Å². The molecule has 0 saturated carbocycles. The van der Waals surface area contributed by atoms with E-state index in [0.717, 1.165) is 16.8 Å². The number of carbonyl (C=O) groups is 1. The molecule has 2 rings (SSSR count). The van der Waals surface area contributed by atoms with Crippen molar-refractivity contribution >= 4 is 22.9 Å². The molecule has 3 nitrogen and oxygen atoms in total. The van der Waals surface area contributed by atoms with Crippen LogP contribution in [-0.2, 0) is 0 Å². The molecule has 0 atom stereocenters. The number of aryl methyl sites for hydroxylation is 1. The summed E-state index contributed by atoms with van der Waals surface area (Å²) in [4.78, 5) is 12.6. The fraction of sp³-hybridized carbons (Fsp3) is 0.188. The summed E-state index contributed by atoms with van der Waals surface area (Å²) in [6, 6.07) is 9.26. The van der Waals surface area contributed by atoms with Crippen molar-refractivity contribution in [3.05, 3.63) is 51.7 Å². The normalized spacial score (nSPS) is 9.70. The predicted octanol–water partition coefficient (Wildman–Crippen LogP) is 3.04. The van der Waals surface area contributed by atoms with Crippen LogP contribution in [0.15, 0.2) is 35.7 Å². The van der Waals surface area contributed by atoms with Gasteiger partial charge in [-0.25, -0.2) is 0 Å². The minimum absolute atomic E-state index is 0.0704. The molecule has 1 heterocycles. The Balaban J connectivity index is 2.10. The second-order valence-electron chi connectivity index (χ2n) is 4.24. The first-order valence-corrected chi connectivity index (χ1v) is 7.14. The summed E-state index contributed by atoms with van der Waals surface area (Å²) >= 11 is 1.41. The Morgan fingerprint density at radius 2 is 2.25 bits per heavy atom. The van der Waals surface area contributed by atoms with Gasteiger partial charge in [0, 0.05) is 17.7 Å². The van der Waals surface area contributed by atoms with Crippen molar-refractivity contribution in [3.8, 4) is 11.8 Å². The van der Waals surface area contributed by atoms with Gasteiger partial charge in [0.1, 0.15) is 0 Å². The summed E-state index contributed by atoms with van der Waals surface area (Å²) in [7, 11) is 0. The number of anilines is 1. The lowest BCUT2D eigenvalue weighted by Crippen LogP contribution is -2.10. The Kier molecular flexibility index (Phi) is 4.94. The zero-order chi connectivity index (χ0) is 14.4. The maximum atomic E-state index is 11.9. The second kappa shape index (κ2) is 6.90. The number of nitrogens with one attached hydrogen (secondary N) is 1. The van der Waals surface area contributed by atoms with Gasteiger partial charge >= 0.3 is 0 Å². The number of rotatable bonds is 3. The summed E-state index contributed by atoms with van der Waals surface area (Å²) < 4.78 is 0. The third kappa shape index (κ3) is 3.70. The first-order valence-electron chi connectivity index (χ1n) is 6.26. The highest BCUT2D eigenvalue weighted by Gasteiger charge is 2.07. The van der Waals surface area contributed by atoms with Crippen LogP contribution in [0, 0.1) is 18.8 Å². The van der Waals surface area contributed by atoms with E-state index in [-0.39, 0.29) is 12.5 Å². The average molecular weight is 285 g/mol. The number of amides is 1. The summed E-state index contributed by atoms with van der Waals surface area (Å²) in [6.45, 7) is 2.02. The molecule has 0 fully saturated rings. The molecule has 1 amide bonds. The molecule has 0 aliphatic heterocycles. The lowest BCUT2D eigenvalue weighted by Gasteiger charge is -2.06. The van der Waals surface area contributed by atoms with Crippen LogP contribution >= 0.6 is 11.3 Å². The van der Waals surface area contributed by atoms with Crippen molar-refractivity contribution in [1.82, 2.24) is 0 Å². The molecule has 4 heteroatoms. The maximum Gasteiger partial charge on any atom is 0.265 e. The molecule has 0 unspecified atom stereocenters. The molecule has 2 aromatic rings. The number of hydrogen-bond donors (Lipinski definition) is 2. The number of carbonyl (C=O) groups excluding carboxylic acids is 1. The van der Waals surface area contributed by atoms with E-state index in [1.807, 2.05) is 36.6 Å². The van der Waals surface area contributed by atoms with E-state index in [0.29, 0.717) is 11.3 Å². The zero-order valence-electron chi connectivity index (χ0n) is 11.1. The molecule has 2 N–H and O–H groups in total. The van der Waals surface area contributed by atoms with Crippen LogP contribution in [0.25, 0.3) is 0 Å². The topological polar surface area (TPSA) is 49.3 Å². The second-order valence-corrected chi connectivity index (χ2v) is 5.18. The van der Waals surface area contributed by atoms with Crippen LogP contribution in [0.1, 0.15) is 27.2 Å². The van der Waals surface area contributed by atoms with Gasteiger partial charge in [0.25, 0.3) is 5.91 Å². The van der Waals surface area contributed by atoms with Gasteiger partial charge in [0.15, 0.2) is 0 Å². The number of thiophene rings is 1. The van der Waals surface area contributed by atoms with E-state index >= 15 is 0 Å². The molecule has 0 spiro atoms. The highest BCUT2D eigenvalue weighted by molar-refractivity contribution is 7.12. The zero-order valence-corrected chi connectivity index (χ0v) is 12.0. The summed E-state index contributed by atoms with van der Waals surface area (Å²) in [6.07, 6.45) is 0.469. The van der Waals surface area contributed by atoms with Crippen molar-refractivity contribution in [3.63, 3.8) is 0 Å². The van der Waals surface area contributed by atoms with Gasteiger partial charge in [0.05, 0.1) is 11.5 Å². The Labute approximate surface area is 122 Å². The first kappa shape index (κ1) is 14.3. The average Bonchev–Trinajstić information content (AvgIpc) is 2.95. The van der Waals surface area contributed by atoms with E-state index in [4.69, 9.17) is 5.11 Å². The molecule has 1 aromatic heterocycles. The van der Waals surface area contributed by atoms with Crippen molar-refractivity contribution in [2.45, 2.75) is 13.3 Å². The van der Waals surface area contributed by atoms with Crippen LogP contribution in [0.3, 0.4) is 0 Å². The third-order valence-corrected chi connectivity index (χ3v) is 3.56. The van der Waals surface area contributed by atoms with E-state index in [2.05, 4.69) is 17.2 Å². The Morgan fingerprint density at radius 1 is 1.40 bits per heavy atom. The largest absolute Gasteiger partial charge is 0.395 e. The molecule has 1 aromatic carbocycles. The summed E-state index contributed by atoms with van der Waals surface area (Å²) in [5, 5.41) is 13.4. The van der Waals surface area contributed by atoms with E-state index in [9.17, 15) is 4.79 Å². The van der Waals surface area contributed by atoms with Gasteiger partial charge in [-0.2, -0.15) is 0 Å². The van der Waals surface area contributed by atoms with Gasteiger partial charge in [-0.05, 0) is 42.1 Å².